The van der Waals surface area contributed by atoms with Gasteiger partial charge in [-0.1, -0.05) is 6.42 Å². The number of aromatic amines is 1. The van der Waals surface area contributed by atoms with Crippen molar-refractivity contribution in [1.29, 1.82) is 0 Å². The minimum absolute atomic E-state index is 0.253. The highest BCUT2D eigenvalue weighted by molar-refractivity contribution is 7.18. The first kappa shape index (κ1) is 17.7. The molecule has 1 fully saturated rings. The smallest absolute Gasteiger partial charge is 0.216 e. The lowest BCUT2D eigenvalue weighted by Crippen LogP contribution is -2.42. The average Bonchev–Trinajstić information content (AvgIpc) is 3.41. The molecule has 0 unspecified atom stereocenters. The molecule has 11 heteroatoms. The molecular formula is C18H16FN9S. The van der Waals surface area contributed by atoms with Gasteiger partial charge in [0.1, 0.15) is 22.3 Å². The average molecular weight is 409 g/mol. The number of H-pyrrole nitrogens is 1. The standard InChI is InChI=1S/C18H16FN9S/c19-11-3-1-8-20-15(11)18(6-2-7-18)10-22-14-5-4-12(23-24-14)17-21-9-13(29-17)16-25-27-28-26-16/h1,3-5,8-9H,2,6-7,10H2,(H,22,24)(H,25,26,27,28). The molecule has 9 nitrogen and oxygen atoms in total. The summed E-state index contributed by atoms with van der Waals surface area (Å²) in [6.45, 7) is 0.564. The third-order valence-electron chi connectivity index (χ3n) is 5.13. The molecule has 0 saturated heterocycles. The lowest BCUT2D eigenvalue weighted by atomic mass is 9.66. The Morgan fingerprint density at radius 2 is 2.07 bits per heavy atom. The SMILES string of the molecule is Fc1cccnc1C1(CNc2ccc(-c3ncc(-c4nn[nH]n4)s3)nn2)CCC1. The predicted octanol–water partition coefficient (Wildman–Crippen LogP) is 2.85. The Hall–Kier alpha value is -3.34. The summed E-state index contributed by atoms with van der Waals surface area (Å²) in [6, 6.07) is 6.78. The Balaban J connectivity index is 1.29. The Kier molecular flexibility index (Phi) is 4.43. The molecule has 0 atom stereocenters. The number of nitrogens with one attached hydrogen (secondary N) is 2. The minimum atomic E-state index is -0.291. The molecule has 4 heterocycles. The fourth-order valence-electron chi connectivity index (χ4n) is 3.44. The van der Waals surface area contributed by atoms with Crippen LogP contribution >= 0.6 is 11.3 Å². The van der Waals surface area contributed by atoms with E-state index in [0.29, 0.717) is 29.6 Å². The van der Waals surface area contributed by atoms with E-state index in [4.69, 9.17) is 0 Å². The van der Waals surface area contributed by atoms with Crippen molar-refractivity contribution in [1.82, 2.24) is 40.8 Å². The van der Waals surface area contributed by atoms with Crippen LogP contribution < -0.4 is 5.32 Å². The summed E-state index contributed by atoms with van der Waals surface area (Å²) in [7, 11) is 0. The van der Waals surface area contributed by atoms with Crippen molar-refractivity contribution in [2.75, 3.05) is 11.9 Å². The Labute approximate surface area is 168 Å². The molecule has 0 bridgehead atoms. The van der Waals surface area contributed by atoms with Gasteiger partial charge in [0.15, 0.2) is 0 Å². The molecule has 4 aromatic rings. The van der Waals surface area contributed by atoms with Crippen LogP contribution in [0.25, 0.3) is 21.4 Å². The zero-order valence-electron chi connectivity index (χ0n) is 15.2. The second-order valence-electron chi connectivity index (χ2n) is 6.89. The highest BCUT2D eigenvalue weighted by Crippen LogP contribution is 2.43. The van der Waals surface area contributed by atoms with Crippen molar-refractivity contribution in [2.24, 2.45) is 0 Å². The number of thiazole rings is 1. The third-order valence-corrected chi connectivity index (χ3v) is 6.15. The molecule has 146 valence electrons. The first-order chi connectivity index (χ1) is 14.2. The summed E-state index contributed by atoms with van der Waals surface area (Å²) in [5.74, 6) is 0.871. The topological polar surface area (TPSA) is 118 Å². The molecule has 0 amide bonds. The second kappa shape index (κ2) is 7.24. The number of hydrogen-bond donors (Lipinski definition) is 2. The van der Waals surface area contributed by atoms with Crippen LogP contribution in [0.3, 0.4) is 0 Å². The van der Waals surface area contributed by atoms with Crippen molar-refractivity contribution < 1.29 is 4.39 Å². The van der Waals surface area contributed by atoms with Crippen LogP contribution in [0.4, 0.5) is 10.2 Å². The first-order valence-electron chi connectivity index (χ1n) is 9.12. The van der Waals surface area contributed by atoms with Crippen LogP contribution in [0, 0.1) is 5.82 Å². The Morgan fingerprint density at radius 1 is 1.14 bits per heavy atom. The lowest BCUT2D eigenvalue weighted by Gasteiger charge is -2.41. The molecule has 1 aliphatic rings. The quantitative estimate of drug-likeness (QED) is 0.499. The summed E-state index contributed by atoms with van der Waals surface area (Å²) >= 11 is 1.41. The van der Waals surface area contributed by atoms with Gasteiger partial charge in [-0.05, 0) is 42.3 Å². The second-order valence-corrected chi connectivity index (χ2v) is 7.92. The monoisotopic (exact) mass is 409 g/mol. The van der Waals surface area contributed by atoms with Crippen molar-refractivity contribution in [2.45, 2.75) is 24.7 Å². The number of nitrogens with zero attached hydrogens (tertiary/aromatic N) is 7. The summed E-state index contributed by atoms with van der Waals surface area (Å²) in [6.07, 6.45) is 6.19. The molecule has 0 radical (unpaired) electrons. The molecule has 1 saturated carbocycles. The number of anilines is 1. The summed E-state index contributed by atoms with van der Waals surface area (Å²) in [5, 5.41) is 26.4. The van der Waals surface area contributed by atoms with E-state index in [-0.39, 0.29) is 11.2 Å². The van der Waals surface area contributed by atoms with Crippen LogP contribution in [0.1, 0.15) is 25.0 Å². The van der Waals surface area contributed by atoms with Gasteiger partial charge in [-0.25, -0.2) is 9.37 Å². The maximum Gasteiger partial charge on any atom is 0.216 e. The molecule has 0 aromatic carbocycles. The number of tetrazole rings is 1. The lowest BCUT2D eigenvalue weighted by molar-refractivity contribution is 0.243. The van der Waals surface area contributed by atoms with E-state index in [1.807, 2.05) is 12.1 Å². The van der Waals surface area contributed by atoms with E-state index >= 15 is 0 Å². The van der Waals surface area contributed by atoms with E-state index in [9.17, 15) is 4.39 Å². The van der Waals surface area contributed by atoms with Crippen LogP contribution in [0.15, 0.2) is 36.7 Å². The van der Waals surface area contributed by atoms with Gasteiger partial charge < -0.3 is 5.32 Å². The van der Waals surface area contributed by atoms with Crippen molar-refractivity contribution in [3.8, 4) is 21.4 Å². The van der Waals surface area contributed by atoms with Gasteiger partial charge in [-0.15, -0.1) is 31.7 Å². The Morgan fingerprint density at radius 3 is 2.76 bits per heavy atom. The normalized spacial score (nSPS) is 15.1. The Bertz CT molecular complexity index is 1110. The van der Waals surface area contributed by atoms with E-state index in [0.717, 1.165) is 29.1 Å². The van der Waals surface area contributed by atoms with Gasteiger partial charge in [0.25, 0.3) is 0 Å². The van der Waals surface area contributed by atoms with Crippen molar-refractivity contribution >= 4 is 17.2 Å². The van der Waals surface area contributed by atoms with Crippen LogP contribution in [-0.4, -0.2) is 47.3 Å². The number of hydrogen-bond acceptors (Lipinski definition) is 9. The van der Waals surface area contributed by atoms with Gasteiger partial charge >= 0.3 is 0 Å². The van der Waals surface area contributed by atoms with Crippen LogP contribution in [0.5, 0.6) is 0 Å². The molecule has 2 N–H and O–H groups in total. The highest BCUT2D eigenvalue weighted by Gasteiger charge is 2.41. The molecule has 5 rings (SSSR count). The molecular weight excluding hydrogens is 393 g/mol. The van der Waals surface area contributed by atoms with Crippen LogP contribution in [0.2, 0.25) is 0 Å². The van der Waals surface area contributed by atoms with Gasteiger partial charge in [0.2, 0.25) is 5.82 Å². The molecule has 0 spiro atoms. The molecule has 29 heavy (non-hydrogen) atoms. The number of pyridine rings is 1. The molecule has 1 aliphatic carbocycles. The van der Waals surface area contributed by atoms with Gasteiger partial charge in [-0.3, -0.25) is 4.98 Å². The zero-order valence-corrected chi connectivity index (χ0v) is 16.0. The van der Waals surface area contributed by atoms with Gasteiger partial charge in [0, 0.05) is 24.4 Å². The van der Waals surface area contributed by atoms with E-state index < -0.39 is 0 Å². The van der Waals surface area contributed by atoms with Crippen molar-refractivity contribution in [3.63, 3.8) is 0 Å². The fraction of sp³-hybridized carbons (Fsp3) is 0.278. The highest BCUT2D eigenvalue weighted by atomic mass is 32.1. The predicted molar refractivity (Wildman–Crippen MR) is 105 cm³/mol. The van der Waals surface area contributed by atoms with Gasteiger partial charge in [0.05, 0.1) is 10.6 Å². The fourth-order valence-corrected chi connectivity index (χ4v) is 4.25. The number of aromatic nitrogens is 8. The minimum Gasteiger partial charge on any atom is -0.368 e. The molecule has 0 aliphatic heterocycles. The first-order valence-corrected chi connectivity index (χ1v) is 9.94. The largest absolute Gasteiger partial charge is 0.368 e. The van der Waals surface area contributed by atoms with Crippen LogP contribution in [-0.2, 0) is 5.41 Å². The van der Waals surface area contributed by atoms with E-state index in [2.05, 4.69) is 46.1 Å². The van der Waals surface area contributed by atoms with Crippen molar-refractivity contribution in [3.05, 3.63) is 48.2 Å². The third kappa shape index (κ3) is 3.33. The maximum absolute atomic E-state index is 14.2. The number of halogens is 1. The number of rotatable bonds is 6. The van der Waals surface area contributed by atoms with E-state index in [1.165, 1.54) is 17.4 Å². The zero-order chi connectivity index (χ0) is 19.7. The van der Waals surface area contributed by atoms with Gasteiger partial charge in [-0.2, -0.15) is 5.21 Å². The summed E-state index contributed by atoms with van der Waals surface area (Å²) in [4.78, 5) is 9.43. The summed E-state index contributed by atoms with van der Waals surface area (Å²) < 4.78 is 14.2. The summed E-state index contributed by atoms with van der Waals surface area (Å²) in [5.41, 5.74) is 0.894. The molecule has 4 aromatic heterocycles. The maximum atomic E-state index is 14.2. The van der Waals surface area contributed by atoms with E-state index in [1.54, 1.807) is 18.5 Å².